The van der Waals surface area contributed by atoms with Gasteiger partial charge in [-0.15, -0.1) is 0 Å². The van der Waals surface area contributed by atoms with Gasteiger partial charge < -0.3 is 14.6 Å². The van der Waals surface area contributed by atoms with Crippen LogP contribution in [-0.4, -0.2) is 23.8 Å². The first kappa shape index (κ1) is 12.0. The quantitative estimate of drug-likeness (QED) is 0.915. The molecule has 1 aliphatic rings. The van der Waals surface area contributed by atoms with Crippen LogP contribution in [0, 0.1) is 0 Å². The van der Waals surface area contributed by atoms with Gasteiger partial charge in [0.1, 0.15) is 17.6 Å². The van der Waals surface area contributed by atoms with Crippen LogP contribution in [0.15, 0.2) is 36.7 Å². The van der Waals surface area contributed by atoms with Gasteiger partial charge >= 0.3 is 0 Å². The Morgan fingerprint density at radius 1 is 1.32 bits per heavy atom. The third-order valence-corrected chi connectivity index (χ3v) is 3.37. The molecule has 2 heterocycles. The molecule has 98 valence electrons. The lowest BCUT2D eigenvalue weighted by molar-refractivity contribution is 0.208. The van der Waals surface area contributed by atoms with Gasteiger partial charge in [-0.3, -0.25) is 4.98 Å². The van der Waals surface area contributed by atoms with Crippen molar-refractivity contribution < 1.29 is 14.6 Å². The monoisotopic (exact) mass is 257 g/mol. The maximum Gasteiger partial charge on any atom is 0.143 e. The first-order chi connectivity index (χ1) is 9.31. The lowest BCUT2D eigenvalue weighted by Gasteiger charge is -2.17. The largest absolute Gasteiger partial charge is 0.495 e. The second kappa shape index (κ2) is 4.90. The van der Waals surface area contributed by atoms with Crippen molar-refractivity contribution in [1.82, 2.24) is 4.98 Å². The molecule has 0 bridgehead atoms. The molecule has 0 spiro atoms. The summed E-state index contributed by atoms with van der Waals surface area (Å²) in [6.07, 6.45) is 3.36. The van der Waals surface area contributed by atoms with Crippen molar-refractivity contribution in [1.29, 1.82) is 0 Å². The van der Waals surface area contributed by atoms with Crippen molar-refractivity contribution in [2.75, 3.05) is 13.7 Å². The van der Waals surface area contributed by atoms with Crippen LogP contribution in [0.2, 0.25) is 0 Å². The molecule has 1 aliphatic heterocycles. The maximum atomic E-state index is 10.6. The van der Waals surface area contributed by atoms with Gasteiger partial charge in [-0.05, 0) is 11.6 Å². The van der Waals surface area contributed by atoms with Crippen molar-refractivity contribution in [3.05, 3.63) is 53.3 Å². The molecule has 2 aromatic rings. The second-order valence-electron chi connectivity index (χ2n) is 4.45. The summed E-state index contributed by atoms with van der Waals surface area (Å²) in [7, 11) is 1.57. The topological polar surface area (TPSA) is 51.6 Å². The molecular weight excluding hydrogens is 242 g/mol. The summed E-state index contributed by atoms with van der Waals surface area (Å²) in [5.41, 5.74) is 2.62. The first-order valence-corrected chi connectivity index (χ1v) is 6.22. The summed E-state index contributed by atoms with van der Waals surface area (Å²) in [6.45, 7) is 0.673. The van der Waals surface area contributed by atoms with Crippen molar-refractivity contribution in [2.45, 2.75) is 12.5 Å². The molecule has 19 heavy (non-hydrogen) atoms. The van der Waals surface area contributed by atoms with Gasteiger partial charge in [-0.25, -0.2) is 0 Å². The normalized spacial score (nSPS) is 14.6. The number of nitrogens with zero attached hydrogens (tertiary/aromatic N) is 1. The Labute approximate surface area is 111 Å². The maximum absolute atomic E-state index is 10.6. The van der Waals surface area contributed by atoms with Crippen molar-refractivity contribution in [3.63, 3.8) is 0 Å². The molecule has 0 fully saturated rings. The number of rotatable bonds is 3. The van der Waals surface area contributed by atoms with Crippen LogP contribution >= 0.6 is 0 Å². The summed E-state index contributed by atoms with van der Waals surface area (Å²) >= 11 is 0. The van der Waals surface area contributed by atoms with Crippen molar-refractivity contribution in [3.8, 4) is 11.5 Å². The van der Waals surface area contributed by atoms with Gasteiger partial charge in [0.05, 0.1) is 19.9 Å². The third-order valence-electron chi connectivity index (χ3n) is 3.37. The predicted octanol–water partition coefficient (Wildman–Crippen LogP) is 2.11. The van der Waals surface area contributed by atoms with E-state index in [1.165, 1.54) is 0 Å². The van der Waals surface area contributed by atoms with Crippen LogP contribution in [0.3, 0.4) is 0 Å². The highest BCUT2D eigenvalue weighted by atomic mass is 16.5. The standard InChI is InChI=1S/C15H15NO3/c1-18-13-9-16-7-5-11(13)14(17)12-4-2-3-10-6-8-19-15(10)12/h2-5,7,9,14,17H,6,8H2,1H3. The van der Waals surface area contributed by atoms with E-state index in [2.05, 4.69) is 4.98 Å². The molecule has 4 nitrogen and oxygen atoms in total. The molecule has 0 amide bonds. The Kier molecular flexibility index (Phi) is 3.09. The molecule has 0 saturated carbocycles. The average Bonchev–Trinajstić information content (AvgIpc) is 2.94. The van der Waals surface area contributed by atoms with Gasteiger partial charge in [-0.1, -0.05) is 18.2 Å². The van der Waals surface area contributed by atoms with Gasteiger partial charge in [0.25, 0.3) is 0 Å². The van der Waals surface area contributed by atoms with Crippen LogP contribution in [0.1, 0.15) is 22.8 Å². The Morgan fingerprint density at radius 3 is 3.05 bits per heavy atom. The number of methoxy groups -OCH3 is 1. The first-order valence-electron chi connectivity index (χ1n) is 6.22. The van der Waals surface area contributed by atoms with Crippen LogP contribution < -0.4 is 9.47 Å². The zero-order valence-corrected chi connectivity index (χ0v) is 10.7. The van der Waals surface area contributed by atoms with E-state index in [1.807, 2.05) is 18.2 Å². The smallest absolute Gasteiger partial charge is 0.143 e. The number of ether oxygens (including phenoxy) is 2. The van der Waals surface area contributed by atoms with Crippen LogP contribution in [0.5, 0.6) is 11.5 Å². The summed E-state index contributed by atoms with van der Waals surface area (Å²) in [6, 6.07) is 7.62. The minimum atomic E-state index is -0.772. The molecule has 0 saturated heterocycles. The second-order valence-corrected chi connectivity index (χ2v) is 4.45. The van der Waals surface area contributed by atoms with E-state index in [0.29, 0.717) is 17.9 Å². The molecule has 1 N–H and O–H groups in total. The lowest BCUT2D eigenvalue weighted by atomic mass is 9.98. The van der Waals surface area contributed by atoms with E-state index in [4.69, 9.17) is 9.47 Å². The van der Waals surface area contributed by atoms with Crippen molar-refractivity contribution >= 4 is 0 Å². The minimum absolute atomic E-state index is 0.575. The van der Waals surface area contributed by atoms with E-state index in [0.717, 1.165) is 23.3 Å². The number of aliphatic hydroxyl groups excluding tert-OH is 1. The summed E-state index contributed by atoms with van der Waals surface area (Å²) < 4.78 is 10.9. The Hall–Kier alpha value is -2.07. The van der Waals surface area contributed by atoms with Crippen LogP contribution in [0.25, 0.3) is 0 Å². The molecular formula is C15H15NO3. The Bertz CT molecular complexity index is 598. The molecule has 1 unspecified atom stereocenters. The van der Waals surface area contributed by atoms with E-state index >= 15 is 0 Å². The molecule has 0 aliphatic carbocycles. The summed E-state index contributed by atoms with van der Waals surface area (Å²) in [5, 5.41) is 10.6. The minimum Gasteiger partial charge on any atom is -0.495 e. The zero-order chi connectivity index (χ0) is 13.2. The van der Waals surface area contributed by atoms with Gasteiger partial charge in [0.2, 0.25) is 0 Å². The molecule has 1 aromatic carbocycles. The lowest BCUT2D eigenvalue weighted by Crippen LogP contribution is -2.04. The van der Waals surface area contributed by atoms with E-state index in [-0.39, 0.29) is 0 Å². The average molecular weight is 257 g/mol. The highest BCUT2D eigenvalue weighted by Gasteiger charge is 2.23. The van der Waals surface area contributed by atoms with Gasteiger partial charge in [0, 0.05) is 23.7 Å². The summed E-state index contributed by atoms with van der Waals surface area (Å²) in [5.74, 6) is 1.37. The summed E-state index contributed by atoms with van der Waals surface area (Å²) in [4.78, 5) is 4.00. The van der Waals surface area contributed by atoms with Gasteiger partial charge in [0.15, 0.2) is 0 Å². The van der Waals surface area contributed by atoms with Crippen LogP contribution in [0.4, 0.5) is 0 Å². The highest BCUT2D eigenvalue weighted by molar-refractivity contribution is 5.49. The fourth-order valence-corrected chi connectivity index (χ4v) is 2.41. The highest BCUT2D eigenvalue weighted by Crippen LogP contribution is 2.38. The molecule has 4 heteroatoms. The SMILES string of the molecule is COc1cnccc1C(O)c1cccc2c1OCC2. The molecule has 1 atom stereocenters. The molecule has 0 radical (unpaired) electrons. The number of aromatic nitrogens is 1. The van der Waals surface area contributed by atoms with Crippen LogP contribution in [-0.2, 0) is 6.42 Å². The van der Waals surface area contributed by atoms with E-state index in [1.54, 1.807) is 25.6 Å². The molecule has 1 aromatic heterocycles. The van der Waals surface area contributed by atoms with E-state index < -0.39 is 6.10 Å². The number of para-hydroxylation sites is 1. The van der Waals surface area contributed by atoms with E-state index in [9.17, 15) is 5.11 Å². The fraction of sp³-hybridized carbons (Fsp3) is 0.267. The zero-order valence-electron chi connectivity index (χ0n) is 10.7. The Balaban J connectivity index is 2.05. The number of hydrogen-bond acceptors (Lipinski definition) is 4. The number of pyridine rings is 1. The number of hydrogen-bond donors (Lipinski definition) is 1. The number of fused-ring (bicyclic) bond motifs is 1. The van der Waals surface area contributed by atoms with Crippen molar-refractivity contribution in [2.24, 2.45) is 0 Å². The fourth-order valence-electron chi connectivity index (χ4n) is 2.41. The predicted molar refractivity (Wildman–Crippen MR) is 70.5 cm³/mol. The third kappa shape index (κ3) is 2.04. The molecule has 3 rings (SSSR count). The van der Waals surface area contributed by atoms with Gasteiger partial charge in [-0.2, -0.15) is 0 Å². The number of benzene rings is 1. The Morgan fingerprint density at radius 2 is 2.21 bits per heavy atom. The number of aliphatic hydroxyl groups is 1.